The standard InChI is InChI=1S/C37H73O7P/c1-3-5-7-9-11-13-15-17-19-20-22-24-26-28-30-32-37(38)44-36(35-43-45(39,40)41)34-42-33-31-29-27-25-23-21-18-16-14-12-10-8-6-4-2/h17,19,36H,3-16,18,20-35H2,1-2H3,(H2,39,40,41)/p-2/b19-17-/t36-/m1/s1. The van der Waals surface area contributed by atoms with E-state index in [1.165, 1.54) is 122 Å². The van der Waals surface area contributed by atoms with Crippen LogP contribution in [0.1, 0.15) is 194 Å². The molecule has 268 valence electrons. The number of hydrogen-bond acceptors (Lipinski definition) is 7. The van der Waals surface area contributed by atoms with E-state index in [4.69, 9.17) is 9.47 Å². The number of ether oxygens (including phenoxy) is 2. The number of unbranched alkanes of at least 4 members (excludes halogenated alkanes) is 24. The first-order chi connectivity index (χ1) is 21.9. The monoisotopic (exact) mass is 658 g/mol. The Balaban J connectivity index is 3.82. The molecule has 1 atom stereocenters. The number of carbonyl (C=O) groups is 1. The van der Waals surface area contributed by atoms with Crippen molar-refractivity contribution in [1.82, 2.24) is 0 Å². The lowest BCUT2D eigenvalue weighted by Gasteiger charge is -2.30. The molecule has 0 spiro atoms. The predicted molar refractivity (Wildman–Crippen MR) is 184 cm³/mol. The molecule has 0 aromatic heterocycles. The Kier molecular flexibility index (Phi) is 34.1. The Bertz CT molecular complexity index is 694. The SMILES string of the molecule is CCCCCCCC/C=C\CCCCCCCC(=O)O[C@H](COCCCCCCCCCCCCCCCC)COP(=O)([O-])[O-]. The molecule has 0 heterocycles. The molecule has 0 amide bonds. The van der Waals surface area contributed by atoms with Crippen molar-refractivity contribution in [2.24, 2.45) is 0 Å². The van der Waals surface area contributed by atoms with Crippen molar-refractivity contribution in [3.05, 3.63) is 12.2 Å². The molecule has 0 saturated carbocycles. The summed E-state index contributed by atoms with van der Waals surface area (Å²) in [4.78, 5) is 34.2. The van der Waals surface area contributed by atoms with Crippen LogP contribution in [0.15, 0.2) is 12.2 Å². The number of carbonyl (C=O) groups excluding carboxylic acids is 1. The average molecular weight is 659 g/mol. The van der Waals surface area contributed by atoms with Gasteiger partial charge in [0.05, 0.1) is 21.0 Å². The molecule has 0 aliphatic carbocycles. The molecule has 8 heteroatoms. The number of phosphoric ester groups is 1. The molecule has 0 aromatic carbocycles. The summed E-state index contributed by atoms with van der Waals surface area (Å²) in [6.07, 6.45) is 37.3. The molecule has 0 unspecified atom stereocenters. The average Bonchev–Trinajstić information content (AvgIpc) is 3.01. The molecular weight excluding hydrogens is 587 g/mol. The Morgan fingerprint density at radius 3 is 1.42 bits per heavy atom. The van der Waals surface area contributed by atoms with E-state index in [0.29, 0.717) is 6.61 Å². The van der Waals surface area contributed by atoms with Crippen molar-refractivity contribution < 1.29 is 33.1 Å². The largest absolute Gasteiger partial charge is 0.790 e. The van der Waals surface area contributed by atoms with E-state index >= 15 is 0 Å². The molecule has 0 rings (SSSR count). The fourth-order valence-electron chi connectivity index (χ4n) is 5.49. The summed E-state index contributed by atoms with van der Waals surface area (Å²) in [5.74, 6) is -0.409. The molecule has 45 heavy (non-hydrogen) atoms. The van der Waals surface area contributed by atoms with Crippen molar-refractivity contribution in [1.29, 1.82) is 0 Å². The van der Waals surface area contributed by atoms with E-state index in [0.717, 1.165) is 51.4 Å². The van der Waals surface area contributed by atoms with Crippen LogP contribution in [0.2, 0.25) is 0 Å². The van der Waals surface area contributed by atoms with Gasteiger partial charge in [0.2, 0.25) is 0 Å². The highest BCUT2D eigenvalue weighted by atomic mass is 31.2. The van der Waals surface area contributed by atoms with Crippen LogP contribution in [-0.4, -0.2) is 31.9 Å². The van der Waals surface area contributed by atoms with Crippen LogP contribution in [0.25, 0.3) is 0 Å². The predicted octanol–water partition coefficient (Wildman–Crippen LogP) is 10.3. The molecule has 0 aromatic rings. The minimum absolute atomic E-state index is 0.0244. The first-order valence-corrected chi connectivity index (χ1v) is 20.4. The zero-order valence-electron chi connectivity index (χ0n) is 29.5. The van der Waals surface area contributed by atoms with Crippen LogP contribution in [0, 0.1) is 0 Å². The van der Waals surface area contributed by atoms with E-state index in [9.17, 15) is 19.1 Å². The third-order valence-electron chi connectivity index (χ3n) is 8.31. The van der Waals surface area contributed by atoms with E-state index < -0.39 is 26.5 Å². The third kappa shape index (κ3) is 37.6. The van der Waals surface area contributed by atoms with E-state index in [-0.39, 0.29) is 13.0 Å². The summed E-state index contributed by atoms with van der Waals surface area (Å²) in [6.45, 7) is 4.54. The number of rotatable bonds is 36. The maximum absolute atomic E-state index is 12.3. The van der Waals surface area contributed by atoms with Gasteiger partial charge in [-0.1, -0.05) is 161 Å². The molecule has 0 bridgehead atoms. The maximum Gasteiger partial charge on any atom is 0.306 e. The fraction of sp³-hybridized carbons (Fsp3) is 0.919. The Morgan fingerprint density at radius 2 is 0.978 bits per heavy atom. The lowest BCUT2D eigenvalue weighted by Crippen LogP contribution is -2.30. The van der Waals surface area contributed by atoms with Gasteiger partial charge in [-0.15, -0.1) is 0 Å². The topological polar surface area (TPSA) is 108 Å². The van der Waals surface area contributed by atoms with Gasteiger partial charge in [-0.2, -0.15) is 0 Å². The third-order valence-corrected chi connectivity index (χ3v) is 8.77. The zero-order chi connectivity index (χ0) is 33.1. The van der Waals surface area contributed by atoms with Crippen LogP contribution in [0.3, 0.4) is 0 Å². The van der Waals surface area contributed by atoms with Crippen LogP contribution < -0.4 is 9.79 Å². The molecule has 7 nitrogen and oxygen atoms in total. The second-order valence-corrected chi connectivity index (χ2v) is 14.0. The molecule has 0 aliphatic heterocycles. The van der Waals surface area contributed by atoms with Gasteiger partial charge in [-0.05, 0) is 38.5 Å². The van der Waals surface area contributed by atoms with Gasteiger partial charge in [0.1, 0.15) is 6.10 Å². The van der Waals surface area contributed by atoms with Crippen molar-refractivity contribution in [3.8, 4) is 0 Å². The normalized spacial score (nSPS) is 12.7. The lowest BCUT2D eigenvalue weighted by molar-refractivity contribution is -0.343. The number of allylic oxidation sites excluding steroid dienone is 2. The maximum atomic E-state index is 12.3. The smallest absolute Gasteiger partial charge is 0.306 e. The summed E-state index contributed by atoms with van der Waals surface area (Å²) in [5.41, 5.74) is 0. The Morgan fingerprint density at radius 1 is 0.578 bits per heavy atom. The first kappa shape index (κ1) is 44.3. The van der Waals surface area contributed by atoms with Crippen molar-refractivity contribution in [2.45, 2.75) is 200 Å². The van der Waals surface area contributed by atoms with E-state index in [2.05, 4.69) is 30.5 Å². The van der Waals surface area contributed by atoms with Crippen molar-refractivity contribution in [3.63, 3.8) is 0 Å². The van der Waals surface area contributed by atoms with Crippen molar-refractivity contribution >= 4 is 13.8 Å². The van der Waals surface area contributed by atoms with E-state index in [1.54, 1.807) is 0 Å². The fourth-order valence-corrected chi connectivity index (χ4v) is 5.84. The summed E-state index contributed by atoms with van der Waals surface area (Å²) < 4.78 is 26.4. The van der Waals surface area contributed by atoms with Crippen LogP contribution in [-0.2, 0) is 23.4 Å². The highest BCUT2D eigenvalue weighted by Gasteiger charge is 2.16. The van der Waals surface area contributed by atoms with Crippen molar-refractivity contribution in [2.75, 3.05) is 19.8 Å². The van der Waals surface area contributed by atoms with Gasteiger partial charge in [0.25, 0.3) is 0 Å². The number of hydrogen-bond donors (Lipinski definition) is 0. The van der Waals surface area contributed by atoms with Crippen LogP contribution in [0.4, 0.5) is 0 Å². The first-order valence-electron chi connectivity index (χ1n) is 19.0. The van der Waals surface area contributed by atoms with Crippen LogP contribution in [0.5, 0.6) is 0 Å². The van der Waals surface area contributed by atoms with Gasteiger partial charge in [0.15, 0.2) is 0 Å². The van der Waals surface area contributed by atoms with Crippen LogP contribution >= 0.6 is 7.82 Å². The summed E-state index contributed by atoms with van der Waals surface area (Å²) >= 11 is 0. The van der Waals surface area contributed by atoms with Gasteiger partial charge < -0.3 is 28.3 Å². The highest BCUT2D eigenvalue weighted by Crippen LogP contribution is 2.25. The Hall–Kier alpha value is -0.720. The van der Waals surface area contributed by atoms with Gasteiger partial charge in [0, 0.05) is 13.0 Å². The Labute approximate surface area is 278 Å². The van der Waals surface area contributed by atoms with E-state index in [1.807, 2.05) is 0 Å². The zero-order valence-corrected chi connectivity index (χ0v) is 30.4. The summed E-state index contributed by atoms with van der Waals surface area (Å²) in [6, 6.07) is 0. The quantitative estimate of drug-likeness (QED) is 0.0285. The van der Waals surface area contributed by atoms with Gasteiger partial charge in [-0.25, -0.2) is 0 Å². The second-order valence-electron chi connectivity index (χ2n) is 12.9. The lowest BCUT2D eigenvalue weighted by atomic mass is 10.0. The molecule has 0 fully saturated rings. The molecular formula is C37H71O7P-2. The van der Waals surface area contributed by atoms with Gasteiger partial charge in [-0.3, -0.25) is 4.79 Å². The minimum atomic E-state index is -5.14. The molecule has 0 aliphatic rings. The molecule has 0 radical (unpaired) electrons. The summed E-state index contributed by atoms with van der Waals surface area (Å²) in [7, 11) is -5.14. The van der Waals surface area contributed by atoms with Gasteiger partial charge >= 0.3 is 5.97 Å². The highest BCUT2D eigenvalue weighted by molar-refractivity contribution is 7.43. The number of phosphoric acid groups is 1. The molecule has 0 saturated heterocycles. The second kappa shape index (κ2) is 34.6. The summed E-state index contributed by atoms with van der Waals surface area (Å²) in [5, 5.41) is 0. The minimum Gasteiger partial charge on any atom is -0.790 e. The molecule has 0 N–H and O–H groups in total. The number of esters is 1.